The molecule has 0 saturated heterocycles. The van der Waals surface area contributed by atoms with Crippen LogP contribution in [0.2, 0.25) is 0 Å². The van der Waals surface area contributed by atoms with E-state index in [1.165, 1.54) is 12.1 Å². The van der Waals surface area contributed by atoms with Gasteiger partial charge in [0.2, 0.25) is 16.8 Å². The number of nitrogens with one attached hydrogen (secondary N) is 1. The predicted octanol–water partition coefficient (Wildman–Crippen LogP) is 1.29. The van der Waals surface area contributed by atoms with Crippen LogP contribution in [0.15, 0.2) is 23.1 Å². The normalized spacial score (nSPS) is 13.5. The fourth-order valence-corrected chi connectivity index (χ4v) is 3.66. The van der Waals surface area contributed by atoms with Crippen molar-refractivity contribution in [1.29, 1.82) is 0 Å². The molecule has 1 aliphatic rings. The summed E-state index contributed by atoms with van der Waals surface area (Å²) in [5.41, 5.74) is 3.04. The summed E-state index contributed by atoms with van der Waals surface area (Å²) in [5.74, 6) is 1.01. The van der Waals surface area contributed by atoms with Crippen molar-refractivity contribution in [2.45, 2.75) is 25.2 Å². The van der Waals surface area contributed by atoms with Crippen LogP contribution in [-0.2, 0) is 23.5 Å². The molecule has 1 N–H and O–H groups in total. The van der Waals surface area contributed by atoms with Crippen LogP contribution in [0.25, 0.3) is 0 Å². The molecule has 0 amide bonds. The summed E-state index contributed by atoms with van der Waals surface area (Å²) in [7, 11) is -1.71. The Morgan fingerprint density at radius 2 is 2.00 bits per heavy atom. The van der Waals surface area contributed by atoms with Crippen LogP contribution in [-0.4, -0.2) is 31.5 Å². The first-order chi connectivity index (χ1) is 10.9. The van der Waals surface area contributed by atoms with Gasteiger partial charge in [-0.2, -0.15) is 5.10 Å². The Labute approximate surface area is 135 Å². The molecule has 2 aromatic rings. The van der Waals surface area contributed by atoms with Crippen molar-refractivity contribution in [2.24, 2.45) is 7.05 Å². The summed E-state index contributed by atoms with van der Waals surface area (Å²) < 4.78 is 39.6. The maximum absolute atomic E-state index is 12.4. The second-order valence-electron chi connectivity index (χ2n) is 5.44. The van der Waals surface area contributed by atoms with Gasteiger partial charge >= 0.3 is 0 Å². The van der Waals surface area contributed by atoms with Crippen LogP contribution in [0.4, 0.5) is 0 Å². The molecule has 2 heterocycles. The number of hydrogen-bond donors (Lipinski definition) is 1. The van der Waals surface area contributed by atoms with Crippen molar-refractivity contribution in [1.82, 2.24) is 14.5 Å². The summed E-state index contributed by atoms with van der Waals surface area (Å²) in [6.45, 7) is 4.33. The summed E-state index contributed by atoms with van der Waals surface area (Å²) in [5, 5.41) is 4.33. The number of hydrogen-bond acceptors (Lipinski definition) is 5. The molecule has 0 atom stereocenters. The lowest BCUT2D eigenvalue weighted by molar-refractivity contribution is 0.174. The molecule has 0 bridgehead atoms. The molecule has 3 rings (SSSR count). The van der Waals surface area contributed by atoms with E-state index in [1.807, 2.05) is 20.9 Å². The van der Waals surface area contributed by atoms with Gasteiger partial charge in [0, 0.05) is 25.4 Å². The lowest BCUT2D eigenvalue weighted by atomic mass is 10.1. The third-order valence-electron chi connectivity index (χ3n) is 3.98. The van der Waals surface area contributed by atoms with Crippen molar-refractivity contribution in [3.63, 3.8) is 0 Å². The minimum Gasteiger partial charge on any atom is -0.454 e. The number of benzene rings is 1. The van der Waals surface area contributed by atoms with E-state index in [2.05, 4.69) is 9.82 Å². The highest BCUT2D eigenvalue weighted by atomic mass is 32.2. The molecular weight excluding hydrogens is 318 g/mol. The average Bonchev–Trinajstić information content (AvgIpc) is 3.06. The molecule has 23 heavy (non-hydrogen) atoms. The lowest BCUT2D eigenvalue weighted by Crippen LogP contribution is -2.26. The standard InChI is InChI=1S/C15H19N3O4S/c1-10-13(11(2)18(3)17-10)6-7-16-23(19,20)12-4-5-14-15(8-12)22-9-21-14/h4-5,8,16H,6-7,9H2,1-3H3. The van der Waals surface area contributed by atoms with E-state index in [4.69, 9.17) is 9.47 Å². The van der Waals surface area contributed by atoms with E-state index in [-0.39, 0.29) is 11.7 Å². The zero-order valence-corrected chi connectivity index (χ0v) is 14.1. The van der Waals surface area contributed by atoms with Gasteiger partial charge in [-0.3, -0.25) is 4.68 Å². The van der Waals surface area contributed by atoms with Crippen LogP contribution >= 0.6 is 0 Å². The van der Waals surface area contributed by atoms with Crippen molar-refractivity contribution < 1.29 is 17.9 Å². The second kappa shape index (κ2) is 5.86. The van der Waals surface area contributed by atoms with Gasteiger partial charge in [-0.1, -0.05) is 0 Å². The maximum Gasteiger partial charge on any atom is 0.240 e. The number of aromatic nitrogens is 2. The van der Waals surface area contributed by atoms with Crippen LogP contribution in [0.5, 0.6) is 11.5 Å². The van der Waals surface area contributed by atoms with E-state index in [0.717, 1.165) is 17.0 Å². The molecule has 8 heteroatoms. The highest BCUT2D eigenvalue weighted by molar-refractivity contribution is 7.89. The first-order valence-corrected chi connectivity index (χ1v) is 8.75. The van der Waals surface area contributed by atoms with Gasteiger partial charge in [0.1, 0.15) is 0 Å². The van der Waals surface area contributed by atoms with E-state index in [9.17, 15) is 8.42 Å². The van der Waals surface area contributed by atoms with Crippen molar-refractivity contribution >= 4 is 10.0 Å². The van der Waals surface area contributed by atoms with Gasteiger partial charge in [-0.25, -0.2) is 13.1 Å². The van der Waals surface area contributed by atoms with Gasteiger partial charge in [-0.15, -0.1) is 0 Å². The van der Waals surface area contributed by atoms with E-state index >= 15 is 0 Å². The van der Waals surface area contributed by atoms with Gasteiger partial charge in [0.15, 0.2) is 11.5 Å². The highest BCUT2D eigenvalue weighted by Gasteiger charge is 2.20. The van der Waals surface area contributed by atoms with Crippen molar-refractivity contribution in [2.75, 3.05) is 13.3 Å². The number of rotatable bonds is 5. The van der Waals surface area contributed by atoms with E-state index in [1.54, 1.807) is 10.7 Å². The molecule has 0 radical (unpaired) electrons. The Kier molecular flexibility index (Phi) is 4.03. The molecule has 0 unspecified atom stereocenters. The quantitative estimate of drug-likeness (QED) is 0.889. The number of nitrogens with zero attached hydrogens (tertiary/aromatic N) is 2. The molecule has 1 aromatic carbocycles. The van der Waals surface area contributed by atoms with Crippen LogP contribution in [0.1, 0.15) is 17.0 Å². The summed E-state index contributed by atoms with van der Waals surface area (Å²) in [6, 6.07) is 4.59. The molecule has 1 aromatic heterocycles. The fraction of sp³-hybridized carbons (Fsp3) is 0.400. The van der Waals surface area contributed by atoms with Gasteiger partial charge < -0.3 is 9.47 Å². The fourth-order valence-electron chi connectivity index (χ4n) is 2.62. The van der Waals surface area contributed by atoms with E-state index < -0.39 is 10.0 Å². The Balaban J connectivity index is 1.69. The minimum atomic E-state index is -3.58. The monoisotopic (exact) mass is 337 g/mol. The van der Waals surface area contributed by atoms with E-state index in [0.29, 0.717) is 24.5 Å². The average molecular weight is 337 g/mol. The third-order valence-corrected chi connectivity index (χ3v) is 5.44. The zero-order valence-electron chi connectivity index (χ0n) is 13.3. The second-order valence-corrected chi connectivity index (χ2v) is 7.20. The van der Waals surface area contributed by atoms with Gasteiger partial charge in [-0.05, 0) is 38.0 Å². The number of ether oxygens (including phenoxy) is 2. The predicted molar refractivity (Wildman–Crippen MR) is 84.1 cm³/mol. The molecule has 0 fully saturated rings. The largest absolute Gasteiger partial charge is 0.454 e. The molecule has 0 saturated carbocycles. The number of sulfonamides is 1. The lowest BCUT2D eigenvalue weighted by Gasteiger charge is -2.08. The summed E-state index contributed by atoms with van der Waals surface area (Å²) >= 11 is 0. The molecule has 1 aliphatic heterocycles. The van der Waals surface area contributed by atoms with Crippen molar-refractivity contribution in [3.05, 3.63) is 35.2 Å². The van der Waals surface area contributed by atoms with Crippen LogP contribution in [0.3, 0.4) is 0 Å². The Morgan fingerprint density at radius 1 is 1.26 bits per heavy atom. The summed E-state index contributed by atoms with van der Waals surface area (Å²) in [6.07, 6.45) is 0.593. The van der Waals surface area contributed by atoms with Crippen LogP contribution in [0, 0.1) is 13.8 Å². The minimum absolute atomic E-state index is 0.117. The molecule has 0 aliphatic carbocycles. The molecule has 7 nitrogen and oxygen atoms in total. The van der Waals surface area contributed by atoms with Gasteiger partial charge in [0.05, 0.1) is 10.6 Å². The number of aryl methyl sites for hydroxylation is 2. The maximum atomic E-state index is 12.4. The first kappa shape index (κ1) is 15.8. The zero-order chi connectivity index (χ0) is 16.6. The Bertz CT molecular complexity index is 843. The highest BCUT2D eigenvalue weighted by Crippen LogP contribution is 2.33. The first-order valence-electron chi connectivity index (χ1n) is 7.27. The topological polar surface area (TPSA) is 82.5 Å². The third kappa shape index (κ3) is 3.04. The molecule has 124 valence electrons. The van der Waals surface area contributed by atoms with Crippen LogP contribution < -0.4 is 14.2 Å². The smallest absolute Gasteiger partial charge is 0.240 e. The SMILES string of the molecule is Cc1nn(C)c(C)c1CCNS(=O)(=O)c1ccc2c(c1)OCO2. The Morgan fingerprint density at radius 3 is 2.70 bits per heavy atom. The number of fused-ring (bicyclic) bond motifs is 1. The van der Waals surface area contributed by atoms with Gasteiger partial charge in [0.25, 0.3) is 0 Å². The molecule has 0 spiro atoms. The summed E-state index contributed by atoms with van der Waals surface area (Å²) in [4.78, 5) is 0.168. The van der Waals surface area contributed by atoms with Crippen molar-refractivity contribution in [3.8, 4) is 11.5 Å². The Hall–Kier alpha value is -2.06. The molecular formula is C15H19N3O4S.